The molecule has 1 aromatic heterocycles. The summed E-state index contributed by atoms with van der Waals surface area (Å²) in [5.74, 6) is -1.67. The Kier molecular flexibility index (Phi) is 20.1. The molecule has 2 atom stereocenters. The fraction of sp³-hybridized carbons (Fsp3) is 0.559. The minimum Gasteiger partial charge on any atom is -0.377 e. The van der Waals surface area contributed by atoms with E-state index in [2.05, 4.69) is 27.2 Å². The number of alkyl halides is 6. The summed E-state index contributed by atoms with van der Waals surface area (Å²) < 4.78 is 109. The quantitative estimate of drug-likeness (QED) is 0.0572. The normalized spacial score (nSPS) is 19.5. The number of hydrogen-bond donors (Lipinski definition) is 1. The number of thiophene rings is 1. The largest absolute Gasteiger partial charge is 0.416 e. The highest BCUT2D eigenvalue weighted by molar-refractivity contribution is 7.17. The first-order chi connectivity index (χ1) is 38.1. The number of fused-ring (bicyclic) bond motifs is 2. The average Bonchev–Trinajstić information content (AvgIpc) is 4.20. The Morgan fingerprint density at radius 2 is 1.40 bits per heavy atom. The first kappa shape index (κ1) is 60.5. The molecule has 80 heavy (non-hydrogen) atoms. The van der Waals surface area contributed by atoms with Gasteiger partial charge in [-0.25, -0.2) is 4.39 Å². The second kappa shape index (κ2) is 26.5. The number of benzene rings is 3. The van der Waals surface area contributed by atoms with Gasteiger partial charge in [-0.1, -0.05) is 49.2 Å². The predicted molar refractivity (Wildman–Crippen MR) is 292 cm³/mol. The van der Waals surface area contributed by atoms with Crippen LogP contribution < -0.4 is 5.32 Å². The lowest BCUT2D eigenvalue weighted by Crippen LogP contribution is -2.50. The van der Waals surface area contributed by atoms with Crippen molar-refractivity contribution in [1.82, 2.24) is 29.4 Å². The van der Waals surface area contributed by atoms with Crippen LogP contribution in [0.3, 0.4) is 0 Å². The third kappa shape index (κ3) is 15.1. The molecule has 3 fully saturated rings. The van der Waals surface area contributed by atoms with Gasteiger partial charge in [-0.2, -0.15) is 26.3 Å². The maximum absolute atomic E-state index is 14.2. The van der Waals surface area contributed by atoms with Crippen molar-refractivity contribution in [2.75, 3.05) is 112 Å². The van der Waals surface area contributed by atoms with Crippen molar-refractivity contribution in [3.05, 3.63) is 123 Å². The molecule has 1 N–H and O–H groups in total. The van der Waals surface area contributed by atoms with Gasteiger partial charge in [0, 0.05) is 77.8 Å². The number of nitrogens with zero attached hydrogens (tertiary/aromatic N) is 6. The van der Waals surface area contributed by atoms with E-state index in [0.717, 1.165) is 67.5 Å². The lowest BCUT2D eigenvalue weighted by molar-refractivity contribution is -0.143. The number of carbonyl (C=O) groups excluding carboxylic acids is 4. The molecule has 436 valence electrons. The standard InChI is InChI=1S/C59H74F7N7O6S/c1-68(26-12-27-70(3)55(77)49-20-21-51(80-49)67-25-9-4-6-15-52(74)69(2)33-34-71-28-10-5-11-29-71)53(75)39-78-50-37-42-13-7-8-14-48(42)56(50)22-30-72(31-23-56)32-24-57(44-16-18-47(60)19-17-44)40-73(41-79-57)54(76)43-35-45(58(61,62)63)38-46(36-43)59(64,65)66/h7-8,13-14,16-21,35-36,38,50,67H,4-6,9-12,15,22-34,37,39-41H2,1-3H3/t50-,57+/m0/s1. The van der Waals surface area contributed by atoms with Crippen LogP contribution in [0, 0.1) is 5.82 Å². The van der Waals surface area contributed by atoms with E-state index in [9.17, 15) is 49.9 Å². The van der Waals surface area contributed by atoms with Crippen molar-refractivity contribution >= 4 is 40.0 Å². The Morgan fingerprint density at radius 3 is 2.10 bits per heavy atom. The van der Waals surface area contributed by atoms with E-state index in [1.165, 1.54) is 60.4 Å². The summed E-state index contributed by atoms with van der Waals surface area (Å²) in [5.41, 5.74) is -2.80. The van der Waals surface area contributed by atoms with Crippen molar-refractivity contribution < 1.29 is 59.4 Å². The summed E-state index contributed by atoms with van der Waals surface area (Å²) in [5, 5.41) is 4.33. The number of unbranched alkanes of at least 4 members (excludes halogenated alkanes) is 2. The zero-order valence-electron chi connectivity index (χ0n) is 45.9. The number of nitrogens with one attached hydrogen (secondary N) is 1. The lowest BCUT2D eigenvalue weighted by atomic mass is 9.72. The fourth-order valence-corrected chi connectivity index (χ4v) is 12.6. The highest BCUT2D eigenvalue weighted by Crippen LogP contribution is 2.48. The molecule has 3 saturated heterocycles. The van der Waals surface area contributed by atoms with Crippen LogP contribution in [0.4, 0.5) is 35.7 Å². The first-order valence-electron chi connectivity index (χ1n) is 27.8. The van der Waals surface area contributed by atoms with Gasteiger partial charge >= 0.3 is 12.4 Å². The van der Waals surface area contributed by atoms with E-state index in [1.54, 1.807) is 23.9 Å². The number of likely N-dealkylation sites (N-methyl/N-ethyl adjacent to an activating group) is 2. The number of carbonyl (C=O) groups is 4. The molecular weight excluding hydrogens is 1070 g/mol. The van der Waals surface area contributed by atoms with Crippen molar-refractivity contribution in [1.29, 1.82) is 0 Å². The summed E-state index contributed by atoms with van der Waals surface area (Å²) in [6.45, 7) is 6.50. The summed E-state index contributed by atoms with van der Waals surface area (Å²) >= 11 is 1.41. The molecule has 3 aromatic carbocycles. The fourth-order valence-electron chi connectivity index (χ4n) is 11.7. The lowest BCUT2D eigenvalue weighted by Gasteiger charge is -2.44. The number of amides is 4. The second-order valence-corrected chi connectivity index (χ2v) is 23.1. The molecule has 0 unspecified atom stereocenters. The van der Waals surface area contributed by atoms with Crippen molar-refractivity contribution in [2.24, 2.45) is 0 Å². The van der Waals surface area contributed by atoms with Crippen molar-refractivity contribution in [2.45, 2.75) is 107 Å². The van der Waals surface area contributed by atoms with Crippen LogP contribution in [0.2, 0.25) is 0 Å². The minimum absolute atomic E-state index is 0.0254. The SMILES string of the molecule is CN(CCN1CCCCC1)C(=O)CCCCCNc1ccc(C(=O)N(C)CCCN(C)C(=O)CO[C@H]2Cc3ccccc3C23CCN(CC[C@]2(c4ccc(F)cc4)CN(C(=O)c4cc(C(F)(F)F)cc(C(F)(F)F)c4)CO2)CC3)s1. The molecule has 1 spiro atoms. The van der Waals surface area contributed by atoms with Crippen LogP contribution in [0.1, 0.15) is 118 Å². The van der Waals surface area contributed by atoms with Gasteiger partial charge in [0.1, 0.15) is 24.8 Å². The molecule has 21 heteroatoms. The highest BCUT2D eigenvalue weighted by atomic mass is 32.1. The third-order valence-electron chi connectivity index (χ3n) is 16.6. The number of likely N-dealkylation sites (tertiary alicyclic amines) is 2. The van der Waals surface area contributed by atoms with Gasteiger partial charge in [0.05, 0.1) is 33.7 Å². The van der Waals surface area contributed by atoms with E-state index in [0.29, 0.717) is 87.4 Å². The summed E-state index contributed by atoms with van der Waals surface area (Å²) in [4.78, 5) is 64.8. The molecular formula is C59H74F7N7O6S. The Hall–Kier alpha value is -5.61. The molecule has 4 aromatic rings. The van der Waals surface area contributed by atoms with Crippen molar-refractivity contribution in [3.63, 3.8) is 0 Å². The molecule has 13 nitrogen and oxygen atoms in total. The number of rotatable bonds is 23. The summed E-state index contributed by atoms with van der Waals surface area (Å²) in [7, 11) is 5.38. The molecule has 4 heterocycles. The Bertz CT molecular complexity index is 2710. The molecule has 4 amide bonds. The van der Waals surface area contributed by atoms with Gasteiger partial charge in [0.15, 0.2) is 0 Å². The molecule has 8 rings (SSSR count). The molecule has 0 radical (unpaired) electrons. The van der Waals surface area contributed by atoms with Crippen LogP contribution in [-0.2, 0) is 48.9 Å². The van der Waals surface area contributed by atoms with E-state index in [1.807, 2.05) is 36.2 Å². The smallest absolute Gasteiger partial charge is 0.377 e. The number of hydrogen-bond acceptors (Lipinski definition) is 10. The molecule has 0 bridgehead atoms. The maximum Gasteiger partial charge on any atom is 0.416 e. The molecule has 0 saturated carbocycles. The first-order valence-corrected chi connectivity index (χ1v) is 28.7. The molecule has 4 aliphatic rings. The third-order valence-corrected chi connectivity index (χ3v) is 17.6. The Balaban J connectivity index is 0.779. The van der Waals surface area contributed by atoms with Gasteiger partial charge in [0.2, 0.25) is 11.8 Å². The number of ether oxygens (including phenoxy) is 2. The maximum atomic E-state index is 14.2. The van der Waals surface area contributed by atoms with Gasteiger partial charge in [-0.05, 0) is 143 Å². The van der Waals surface area contributed by atoms with Crippen LogP contribution in [-0.4, -0.2) is 166 Å². The number of piperidine rings is 2. The van der Waals surface area contributed by atoms with Gasteiger partial charge in [0.25, 0.3) is 11.8 Å². The topological polar surface area (TPSA) is 118 Å². The molecule has 1 aliphatic carbocycles. The predicted octanol–water partition coefficient (Wildman–Crippen LogP) is 10.2. The monoisotopic (exact) mass is 1140 g/mol. The average molecular weight is 1140 g/mol. The minimum atomic E-state index is -5.14. The highest BCUT2D eigenvalue weighted by Gasteiger charge is 2.50. The van der Waals surface area contributed by atoms with Crippen LogP contribution in [0.15, 0.2) is 78.9 Å². The van der Waals surface area contributed by atoms with Crippen LogP contribution in [0.25, 0.3) is 0 Å². The molecule has 3 aliphatic heterocycles. The van der Waals surface area contributed by atoms with Crippen LogP contribution in [0.5, 0.6) is 0 Å². The summed E-state index contributed by atoms with van der Waals surface area (Å²) in [6.07, 6.45) is -0.703. The zero-order chi connectivity index (χ0) is 57.2. The van der Waals surface area contributed by atoms with Crippen molar-refractivity contribution in [3.8, 4) is 0 Å². The van der Waals surface area contributed by atoms with Gasteiger partial charge in [-0.3, -0.25) is 19.2 Å². The zero-order valence-corrected chi connectivity index (χ0v) is 46.8. The second-order valence-electron chi connectivity index (χ2n) is 22.0. The van der Waals surface area contributed by atoms with E-state index >= 15 is 0 Å². The van der Waals surface area contributed by atoms with E-state index in [-0.39, 0.29) is 54.9 Å². The van der Waals surface area contributed by atoms with E-state index < -0.39 is 53.1 Å². The number of halogens is 7. The number of anilines is 1. The van der Waals surface area contributed by atoms with Crippen LogP contribution >= 0.6 is 11.3 Å². The Labute approximate surface area is 468 Å². The Morgan fingerprint density at radius 1 is 0.738 bits per heavy atom. The van der Waals surface area contributed by atoms with E-state index in [4.69, 9.17) is 9.47 Å². The summed E-state index contributed by atoms with van der Waals surface area (Å²) in [6, 6.07) is 18.2. The van der Waals surface area contributed by atoms with Gasteiger partial charge in [-0.15, -0.1) is 11.3 Å². The van der Waals surface area contributed by atoms with Gasteiger partial charge < -0.3 is 44.2 Å².